The summed E-state index contributed by atoms with van der Waals surface area (Å²) in [5.41, 5.74) is 0. The van der Waals surface area contributed by atoms with Crippen LogP contribution in [0.4, 0.5) is 0 Å². The van der Waals surface area contributed by atoms with E-state index in [9.17, 15) is 9.90 Å². The molecule has 0 aromatic carbocycles. The van der Waals surface area contributed by atoms with Gasteiger partial charge < -0.3 is 15.2 Å². The zero-order valence-electron chi connectivity index (χ0n) is 6.22. The van der Waals surface area contributed by atoms with Gasteiger partial charge >= 0.3 is 18.9 Å². The average molecular weight is 135 g/mol. The van der Waals surface area contributed by atoms with Crippen molar-refractivity contribution in [3.63, 3.8) is 0 Å². The molecule has 0 radical (unpaired) electrons. The molecule has 1 aliphatic rings. The summed E-state index contributed by atoms with van der Waals surface area (Å²) in [6.07, 6.45) is 2.82. The van der Waals surface area contributed by atoms with Crippen molar-refractivity contribution >= 4 is 5.97 Å². The number of hydrogen-bond donors (Lipinski definition) is 1. The zero-order valence-corrected chi connectivity index (χ0v) is 6.22. The topological polar surface area (TPSA) is 52.2 Å². The smallest absolute Gasteiger partial charge is 0.548 e. The van der Waals surface area contributed by atoms with Gasteiger partial charge in [0.05, 0.1) is 5.97 Å². The fraction of sp³-hybridized carbons (Fsp3) is 0.833. The Morgan fingerprint density at radius 2 is 2.20 bits per heavy atom. The molecule has 1 fully saturated rings. The summed E-state index contributed by atoms with van der Waals surface area (Å²) in [5, 5.41) is 13.0. The van der Waals surface area contributed by atoms with Gasteiger partial charge in [-0.05, 0) is 19.4 Å². The van der Waals surface area contributed by atoms with Gasteiger partial charge in [0.1, 0.15) is 0 Å². The van der Waals surface area contributed by atoms with Crippen LogP contribution in [0, 0.1) is 0 Å². The molecule has 0 spiro atoms. The fourth-order valence-corrected chi connectivity index (χ4v) is 1.05. The molecule has 52 valence electrons. The Morgan fingerprint density at radius 3 is 2.50 bits per heavy atom. The Balaban J connectivity index is 0.000000810. The molecule has 10 heavy (non-hydrogen) atoms. The summed E-state index contributed by atoms with van der Waals surface area (Å²) in [6, 6.07) is -0.390. The van der Waals surface area contributed by atoms with Crippen LogP contribution in [0.3, 0.4) is 0 Å². The molecule has 0 saturated carbocycles. The predicted octanol–water partition coefficient (Wildman–Crippen LogP) is -4.12. The first-order chi connectivity index (χ1) is 4.30. The summed E-state index contributed by atoms with van der Waals surface area (Å²) in [5.74, 6) is -0.963. The van der Waals surface area contributed by atoms with E-state index >= 15 is 0 Å². The minimum absolute atomic E-state index is 0. The van der Waals surface area contributed by atoms with Gasteiger partial charge in [-0.3, -0.25) is 0 Å². The second-order valence-corrected chi connectivity index (χ2v) is 2.32. The minimum atomic E-state index is -0.963. The molecule has 1 aliphatic heterocycles. The first-order valence-electron chi connectivity index (χ1n) is 3.25. The Hall–Kier alpha value is 0.0274. The van der Waals surface area contributed by atoms with E-state index in [1.165, 1.54) is 0 Å². The van der Waals surface area contributed by atoms with Gasteiger partial charge in [-0.2, -0.15) is 0 Å². The summed E-state index contributed by atoms with van der Waals surface area (Å²) in [6.45, 7) is 0.818. The summed E-state index contributed by atoms with van der Waals surface area (Å²) >= 11 is 0. The number of carbonyl (C=O) groups is 1. The molecular weight excluding hydrogens is 125 g/mol. The van der Waals surface area contributed by atoms with Crippen LogP contribution in [0.25, 0.3) is 0 Å². The maximum atomic E-state index is 10.2. The van der Waals surface area contributed by atoms with Gasteiger partial charge in [-0.1, -0.05) is 6.42 Å². The third-order valence-electron chi connectivity index (χ3n) is 1.59. The number of nitrogens with one attached hydrogen (secondary N) is 1. The van der Waals surface area contributed by atoms with E-state index in [1.807, 2.05) is 0 Å². The van der Waals surface area contributed by atoms with Gasteiger partial charge in [0.15, 0.2) is 0 Å². The molecule has 0 aliphatic carbocycles. The SMILES string of the molecule is O=C([O-])C1CCCCN1.[Li+]. The molecule has 3 nitrogen and oxygen atoms in total. The van der Waals surface area contributed by atoms with E-state index in [4.69, 9.17) is 0 Å². The molecular formula is C6H10LiNO2. The molecule has 0 aromatic heterocycles. The van der Waals surface area contributed by atoms with E-state index in [0.717, 1.165) is 25.8 Å². The van der Waals surface area contributed by atoms with Gasteiger partial charge in [0.2, 0.25) is 0 Å². The Labute approximate surface area is 72.4 Å². The van der Waals surface area contributed by atoms with Crippen molar-refractivity contribution in [3.8, 4) is 0 Å². The predicted molar refractivity (Wildman–Crippen MR) is 30.6 cm³/mol. The molecule has 1 saturated heterocycles. The molecule has 0 amide bonds. The van der Waals surface area contributed by atoms with E-state index in [-0.39, 0.29) is 18.9 Å². The molecule has 0 aromatic rings. The number of piperidine rings is 1. The van der Waals surface area contributed by atoms with E-state index in [2.05, 4.69) is 5.32 Å². The first kappa shape index (κ1) is 10.0. The molecule has 1 atom stereocenters. The van der Waals surface area contributed by atoms with Crippen LogP contribution < -0.4 is 29.3 Å². The van der Waals surface area contributed by atoms with Gasteiger partial charge in [0.25, 0.3) is 0 Å². The third kappa shape index (κ3) is 2.74. The number of carbonyl (C=O) groups excluding carboxylic acids is 1. The Morgan fingerprint density at radius 1 is 1.50 bits per heavy atom. The molecule has 1 N–H and O–H groups in total. The fourth-order valence-electron chi connectivity index (χ4n) is 1.05. The Kier molecular flexibility index (Phi) is 4.80. The maximum absolute atomic E-state index is 10.2. The van der Waals surface area contributed by atoms with Crippen molar-refractivity contribution < 1.29 is 28.8 Å². The maximum Gasteiger partial charge on any atom is 1.00 e. The van der Waals surface area contributed by atoms with Crippen LogP contribution in [-0.2, 0) is 4.79 Å². The van der Waals surface area contributed by atoms with Crippen molar-refractivity contribution in [3.05, 3.63) is 0 Å². The second kappa shape index (κ2) is 4.78. The minimum Gasteiger partial charge on any atom is -0.548 e. The molecule has 1 rings (SSSR count). The van der Waals surface area contributed by atoms with E-state index in [1.54, 1.807) is 0 Å². The first-order valence-corrected chi connectivity index (χ1v) is 3.25. The van der Waals surface area contributed by atoms with Crippen molar-refractivity contribution in [2.75, 3.05) is 6.54 Å². The molecule has 1 heterocycles. The van der Waals surface area contributed by atoms with Crippen molar-refractivity contribution in [2.24, 2.45) is 0 Å². The van der Waals surface area contributed by atoms with Crippen LogP contribution in [0.15, 0.2) is 0 Å². The van der Waals surface area contributed by atoms with Gasteiger partial charge in [0, 0.05) is 6.04 Å². The monoisotopic (exact) mass is 135 g/mol. The normalized spacial score (nSPS) is 25.0. The summed E-state index contributed by atoms with van der Waals surface area (Å²) < 4.78 is 0. The van der Waals surface area contributed by atoms with Crippen molar-refractivity contribution in [1.29, 1.82) is 0 Å². The molecule has 4 heteroatoms. The van der Waals surface area contributed by atoms with Crippen LogP contribution >= 0.6 is 0 Å². The number of carboxylic acids is 1. The average Bonchev–Trinajstić information content (AvgIpc) is 1.90. The molecule has 1 unspecified atom stereocenters. The number of rotatable bonds is 1. The van der Waals surface area contributed by atoms with Gasteiger partial charge in [-0.25, -0.2) is 0 Å². The van der Waals surface area contributed by atoms with E-state index in [0.29, 0.717) is 0 Å². The van der Waals surface area contributed by atoms with Crippen LogP contribution in [0.2, 0.25) is 0 Å². The quantitative estimate of drug-likeness (QED) is 0.372. The number of hydrogen-bond acceptors (Lipinski definition) is 3. The van der Waals surface area contributed by atoms with Gasteiger partial charge in [-0.15, -0.1) is 0 Å². The second-order valence-electron chi connectivity index (χ2n) is 2.32. The molecule has 0 bridgehead atoms. The van der Waals surface area contributed by atoms with Crippen molar-refractivity contribution in [1.82, 2.24) is 5.32 Å². The van der Waals surface area contributed by atoms with Crippen LogP contribution in [0.1, 0.15) is 19.3 Å². The van der Waals surface area contributed by atoms with Crippen LogP contribution in [0.5, 0.6) is 0 Å². The number of aliphatic carboxylic acids is 1. The standard InChI is InChI=1S/C6H11NO2.Li/c8-6(9)5-3-1-2-4-7-5;/h5,7H,1-4H2,(H,8,9);/q;+1/p-1. The summed E-state index contributed by atoms with van der Waals surface area (Å²) in [7, 11) is 0. The number of carboxylic acid groups (broad SMARTS) is 1. The third-order valence-corrected chi connectivity index (χ3v) is 1.59. The summed E-state index contributed by atoms with van der Waals surface area (Å²) in [4.78, 5) is 10.2. The Bertz CT molecular complexity index is 112. The largest absolute Gasteiger partial charge is 1.00 e. The zero-order chi connectivity index (χ0) is 6.69. The van der Waals surface area contributed by atoms with E-state index < -0.39 is 12.0 Å². The van der Waals surface area contributed by atoms with Crippen molar-refractivity contribution in [2.45, 2.75) is 25.3 Å². The van der Waals surface area contributed by atoms with Crippen LogP contribution in [-0.4, -0.2) is 18.6 Å².